The Hall–Kier alpha value is -0.0800. The lowest BCUT2D eigenvalue weighted by Gasteiger charge is -2.31. The zero-order valence-electron chi connectivity index (χ0n) is 6.84. The standard InChI is InChI=1S/C8H17NO/c1-6-3-4-8(10-2)7(9)5-6/h6-8H,3-5,9H2,1-2H3. The molecular formula is C8H17NO. The fraction of sp³-hybridized carbons (Fsp3) is 1.00. The molecule has 0 heterocycles. The lowest BCUT2D eigenvalue weighted by atomic mass is 9.85. The molecule has 3 unspecified atom stereocenters. The van der Waals surface area contributed by atoms with Gasteiger partial charge in [-0.3, -0.25) is 0 Å². The van der Waals surface area contributed by atoms with Gasteiger partial charge in [0, 0.05) is 13.2 Å². The second-order valence-electron chi connectivity index (χ2n) is 3.36. The second kappa shape index (κ2) is 3.35. The van der Waals surface area contributed by atoms with Crippen molar-refractivity contribution in [2.24, 2.45) is 11.7 Å². The molecule has 2 N–H and O–H groups in total. The minimum Gasteiger partial charge on any atom is -0.380 e. The van der Waals surface area contributed by atoms with Gasteiger partial charge in [-0.15, -0.1) is 0 Å². The molecule has 1 fully saturated rings. The molecule has 2 heteroatoms. The molecule has 0 amide bonds. The largest absolute Gasteiger partial charge is 0.380 e. The Morgan fingerprint density at radius 3 is 2.60 bits per heavy atom. The molecule has 0 saturated heterocycles. The van der Waals surface area contributed by atoms with E-state index in [-0.39, 0.29) is 6.04 Å². The van der Waals surface area contributed by atoms with Crippen molar-refractivity contribution in [3.05, 3.63) is 0 Å². The van der Waals surface area contributed by atoms with Crippen molar-refractivity contribution >= 4 is 0 Å². The summed E-state index contributed by atoms with van der Waals surface area (Å²) in [6.45, 7) is 2.26. The maximum Gasteiger partial charge on any atom is 0.0722 e. The molecule has 60 valence electrons. The summed E-state index contributed by atoms with van der Waals surface area (Å²) < 4.78 is 5.23. The normalized spacial score (nSPS) is 41.7. The average molecular weight is 143 g/mol. The minimum atomic E-state index is 0.272. The van der Waals surface area contributed by atoms with Gasteiger partial charge < -0.3 is 10.5 Å². The fourth-order valence-corrected chi connectivity index (χ4v) is 1.69. The third kappa shape index (κ3) is 1.70. The highest BCUT2D eigenvalue weighted by molar-refractivity contribution is 4.81. The molecule has 2 nitrogen and oxygen atoms in total. The highest BCUT2D eigenvalue weighted by atomic mass is 16.5. The Morgan fingerprint density at radius 1 is 1.40 bits per heavy atom. The molecular weight excluding hydrogens is 126 g/mol. The van der Waals surface area contributed by atoms with E-state index < -0.39 is 0 Å². The molecule has 0 bridgehead atoms. The second-order valence-corrected chi connectivity index (χ2v) is 3.36. The van der Waals surface area contributed by atoms with Gasteiger partial charge in [-0.05, 0) is 25.2 Å². The van der Waals surface area contributed by atoms with E-state index in [1.165, 1.54) is 6.42 Å². The van der Waals surface area contributed by atoms with E-state index >= 15 is 0 Å². The van der Waals surface area contributed by atoms with E-state index in [0.29, 0.717) is 6.10 Å². The van der Waals surface area contributed by atoms with Crippen LogP contribution in [0.5, 0.6) is 0 Å². The topological polar surface area (TPSA) is 35.2 Å². The van der Waals surface area contributed by atoms with E-state index in [9.17, 15) is 0 Å². The van der Waals surface area contributed by atoms with E-state index in [1.807, 2.05) is 0 Å². The van der Waals surface area contributed by atoms with Crippen molar-refractivity contribution in [2.45, 2.75) is 38.3 Å². The summed E-state index contributed by atoms with van der Waals surface area (Å²) in [5.41, 5.74) is 5.85. The summed E-state index contributed by atoms with van der Waals surface area (Å²) >= 11 is 0. The Kier molecular flexibility index (Phi) is 2.69. The smallest absolute Gasteiger partial charge is 0.0722 e. The number of ether oxygens (including phenoxy) is 1. The van der Waals surface area contributed by atoms with Gasteiger partial charge in [0.15, 0.2) is 0 Å². The van der Waals surface area contributed by atoms with Crippen LogP contribution in [-0.2, 0) is 4.74 Å². The molecule has 1 aliphatic carbocycles. The van der Waals surface area contributed by atoms with Crippen LogP contribution in [0.15, 0.2) is 0 Å². The van der Waals surface area contributed by atoms with Crippen LogP contribution in [0, 0.1) is 5.92 Å². The van der Waals surface area contributed by atoms with Gasteiger partial charge in [0.1, 0.15) is 0 Å². The summed E-state index contributed by atoms with van der Waals surface area (Å²) in [5.74, 6) is 0.793. The van der Waals surface area contributed by atoms with Gasteiger partial charge in [-0.1, -0.05) is 6.92 Å². The summed E-state index contributed by atoms with van der Waals surface area (Å²) in [5, 5.41) is 0. The van der Waals surface area contributed by atoms with E-state index in [1.54, 1.807) is 7.11 Å². The Balaban J connectivity index is 2.36. The molecule has 1 saturated carbocycles. The van der Waals surface area contributed by atoms with E-state index in [4.69, 9.17) is 10.5 Å². The Morgan fingerprint density at radius 2 is 2.10 bits per heavy atom. The lowest BCUT2D eigenvalue weighted by molar-refractivity contribution is 0.0424. The van der Waals surface area contributed by atoms with Crippen LogP contribution >= 0.6 is 0 Å². The average Bonchev–Trinajstić information content (AvgIpc) is 1.88. The molecule has 3 atom stereocenters. The molecule has 10 heavy (non-hydrogen) atoms. The highest BCUT2D eigenvalue weighted by Crippen LogP contribution is 2.24. The summed E-state index contributed by atoms with van der Waals surface area (Å²) in [7, 11) is 1.75. The number of hydrogen-bond donors (Lipinski definition) is 1. The molecule has 1 rings (SSSR count). The number of hydrogen-bond acceptors (Lipinski definition) is 2. The Bertz CT molecular complexity index is 105. The highest BCUT2D eigenvalue weighted by Gasteiger charge is 2.24. The summed E-state index contributed by atoms with van der Waals surface area (Å²) in [4.78, 5) is 0. The van der Waals surface area contributed by atoms with Crippen LogP contribution in [0.2, 0.25) is 0 Å². The summed E-state index contributed by atoms with van der Waals surface area (Å²) in [6.07, 6.45) is 3.85. The lowest BCUT2D eigenvalue weighted by Crippen LogP contribution is -2.41. The van der Waals surface area contributed by atoms with Crippen LogP contribution in [0.3, 0.4) is 0 Å². The zero-order chi connectivity index (χ0) is 7.56. The van der Waals surface area contributed by atoms with Gasteiger partial charge in [0.25, 0.3) is 0 Å². The first-order valence-electron chi connectivity index (χ1n) is 4.02. The third-order valence-corrected chi connectivity index (χ3v) is 2.40. The Labute approximate surface area is 62.7 Å². The third-order valence-electron chi connectivity index (χ3n) is 2.40. The molecule has 0 aromatic heterocycles. The maximum absolute atomic E-state index is 5.85. The predicted octanol–water partition coefficient (Wildman–Crippen LogP) is 1.15. The zero-order valence-corrected chi connectivity index (χ0v) is 6.84. The van der Waals surface area contributed by atoms with Gasteiger partial charge in [0.2, 0.25) is 0 Å². The van der Waals surface area contributed by atoms with Crippen molar-refractivity contribution in [1.82, 2.24) is 0 Å². The van der Waals surface area contributed by atoms with Crippen molar-refractivity contribution in [1.29, 1.82) is 0 Å². The van der Waals surface area contributed by atoms with Crippen molar-refractivity contribution in [3.63, 3.8) is 0 Å². The monoisotopic (exact) mass is 143 g/mol. The molecule has 0 aliphatic heterocycles. The summed E-state index contributed by atoms with van der Waals surface area (Å²) in [6, 6.07) is 0.272. The molecule has 1 aliphatic rings. The fourth-order valence-electron chi connectivity index (χ4n) is 1.69. The number of rotatable bonds is 1. The maximum atomic E-state index is 5.85. The van der Waals surface area contributed by atoms with Crippen LogP contribution in [-0.4, -0.2) is 19.3 Å². The minimum absolute atomic E-state index is 0.272. The first-order valence-corrected chi connectivity index (χ1v) is 4.02. The van der Waals surface area contributed by atoms with Crippen molar-refractivity contribution in [2.75, 3.05) is 7.11 Å². The van der Waals surface area contributed by atoms with Gasteiger partial charge in [-0.25, -0.2) is 0 Å². The quantitative estimate of drug-likeness (QED) is 0.597. The van der Waals surface area contributed by atoms with Crippen LogP contribution in [0.1, 0.15) is 26.2 Å². The van der Waals surface area contributed by atoms with Crippen LogP contribution in [0.4, 0.5) is 0 Å². The predicted molar refractivity (Wildman–Crippen MR) is 41.8 cm³/mol. The SMILES string of the molecule is COC1CCC(C)CC1N. The first kappa shape index (κ1) is 8.02. The first-order chi connectivity index (χ1) is 4.74. The molecule has 0 aromatic carbocycles. The van der Waals surface area contributed by atoms with E-state index in [0.717, 1.165) is 18.8 Å². The van der Waals surface area contributed by atoms with Crippen molar-refractivity contribution < 1.29 is 4.74 Å². The van der Waals surface area contributed by atoms with Gasteiger partial charge in [-0.2, -0.15) is 0 Å². The molecule has 0 spiro atoms. The van der Waals surface area contributed by atoms with Gasteiger partial charge >= 0.3 is 0 Å². The molecule has 0 aromatic rings. The van der Waals surface area contributed by atoms with Crippen LogP contribution < -0.4 is 5.73 Å². The van der Waals surface area contributed by atoms with Crippen molar-refractivity contribution in [3.8, 4) is 0 Å². The van der Waals surface area contributed by atoms with Crippen LogP contribution in [0.25, 0.3) is 0 Å². The molecule has 0 radical (unpaired) electrons. The van der Waals surface area contributed by atoms with Gasteiger partial charge in [0.05, 0.1) is 6.10 Å². The number of nitrogens with two attached hydrogens (primary N) is 1. The van der Waals surface area contributed by atoms with E-state index in [2.05, 4.69) is 6.92 Å². The number of methoxy groups -OCH3 is 1.